The molecule has 1 atom stereocenters. The molecule has 0 saturated carbocycles. The number of hydrogen-bond acceptors (Lipinski definition) is 5. The number of carbonyl (C=O) groups excluding carboxylic acids is 1. The number of methoxy groups -OCH3 is 2. The van der Waals surface area contributed by atoms with Crippen molar-refractivity contribution in [2.24, 2.45) is 5.92 Å². The van der Waals surface area contributed by atoms with Crippen LogP contribution in [0.15, 0.2) is 29.2 Å². The summed E-state index contributed by atoms with van der Waals surface area (Å²) in [4.78, 5) is 12.2. The molecule has 7 nitrogen and oxygen atoms in total. The van der Waals surface area contributed by atoms with Gasteiger partial charge in [0, 0.05) is 32.7 Å². The molecule has 0 fully saturated rings. The van der Waals surface area contributed by atoms with Crippen LogP contribution >= 0.6 is 0 Å². The van der Waals surface area contributed by atoms with Crippen LogP contribution in [0.2, 0.25) is 0 Å². The number of amides is 1. The molecule has 2 N–H and O–H groups in total. The van der Waals surface area contributed by atoms with E-state index in [-0.39, 0.29) is 23.1 Å². The van der Waals surface area contributed by atoms with E-state index in [1.807, 2.05) is 13.8 Å². The highest BCUT2D eigenvalue weighted by atomic mass is 32.2. The largest absolute Gasteiger partial charge is 0.497 e. The van der Waals surface area contributed by atoms with Gasteiger partial charge in [-0.15, -0.1) is 0 Å². The molecule has 0 bridgehead atoms. The van der Waals surface area contributed by atoms with Crippen LogP contribution in [-0.4, -0.2) is 47.7 Å². The summed E-state index contributed by atoms with van der Waals surface area (Å²) in [6, 6.07) is 5.63. The van der Waals surface area contributed by atoms with Crippen LogP contribution in [0, 0.1) is 5.92 Å². The summed E-state index contributed by atoms with van der Waals surface area (Å²) in [5.41, 5.74) is 0. The Hall–Kier alpha value is -1.64. The van der Waals surface area contributed by atoms with Gasteiger partial charge in [-0.2, -0.15) is 0 Å². The topological polar surface area (TPSA) is 93.7 Å². The smallest absolute Gasteiger partial charge is 0.240 e. The molecule has 25 heavy (non-hydrogen) atoms. The molecule has 0 aliphatic carbocycles. The minimum atomic E-state index is -3.71. The Bertz CT molecular complexity index is 629. The van der Waals surface area contributed by atoms with E-state index >= 15 is 0 Å². The van der Waals surface area contributed by atoms with E-state index in [2.05, 4.69) is 10.0 Å². The van der Waals surface area contributed by atoms with Crippen molar-refractivity contribution in [1.29, 1.82) is 0 Å². The van der Waals surface area contributed by atoms with E-state index in [1.165, 1.54) is 19.2 Å². The zero-order valence-electron chi connectivity index (χ0n) is 15.2. The van der Waals surface area contributed by atoms with Gasteiger partial charge in [0.2, 0.25) is 15.9 Å². The maximum Gasteiger partial charge on any atom is 0.240 e. The van der Waals surface area contributed by atoms with Gasteiger partial charge in [-0.3, -0.25) is 4.79 Å². The van der Waals surface area contributed by atoms with E-state index in [0.29, 0.717) is 25.3 Å². The van der Waals surface area contributed by atoms with Gasteiger partial charge in [-0.05, 0) is 36.6 Å². The number of carbonyl (C=O) groups is 1. The molecule has 0 aromatic heterocycles. The molecule has 1 amide bonds. The lowest BCUT2D eigenvalue weighted by Gasteiger charge is -2.22. The third kappa shape index (κ3) is 7.41. The van der Waals surface area contributed by atoms with Gasteiger partial charge in [0.25, 0.3) is 0 Å². The summed E-state index contributed by atoms with van der Waals surface area (Å²) in [5.74, 6) is 0.361. The Morgan fingerprint density at radius 1 is 1.16 bits per heavy atom. The van der Waals surface area contributed by atoms with Gasteiger partial charge in [0.1, 0.15) is 5.75 Å². The molecule has 1 aromatic rings. The number of ether oxygens (including phenoxy) is 2. The summed E-state index contributed by atoms with van der Waals surface area (Å²) in [5, 5.41) is 2.77. The zero-order valence-corrected chi connectivity index (χ0v) is 16.1. The van der Waals surface area contributed by atoms with E-state index in [4.69, 9.17) is 9.47 Å². The monoisotopic (exact) mass is 372 g/mol. The highest BCUT2D eigenvalue weighted by Crippen LogP contribution is 2.17. The number of benzene rings is 1. The van der Waals surface area contributed by atoms with Crippen molar-refractivity contribution in [3.63, 3.8) is 0 Å². The van der Waals surface area contributed by atoms with E-state index in [9.17, 15) is 13.2 Å². The summed E-state index contributed by atoms with van der Waals surface area (Å²) >= 11 is 0. The number of rotatable bonds is 11. The molecule has 0 aliphatic rings. The third-order valence-electron chi connectivity index (χ3n) is 3.73. The van der Waals surface area contributed by atoms with Crippen molar-refractivity contribution in [2.45, 2.75) is 37.6 Å². The quantitative estimate of drug-likeness (QED) is 0.575. The second-order valence-electron chi connectivity index (χ2n) is 6.05. The van der Waals surface area contributed by atoms with Crippen LogP contribution in [0.25, 0.3) is 0 Å². The van der Waals surface area contributed by atoms with E-state index in [0.717, 1.165) is 0 Å². The molecule has 0 heterocycles. The molecule has 0 aliphatic heterocycles. The molecule has 142 valence electrons. The van der Waals surface area contributed by atoms with Crippen LogP contribution in [0.3, 0.4) is 0 Å². The predicted molar refractivity (Wildman–Crippen MR) is 96.1 cm³/mol. The normalized spacial score (nSPS) is 12.8. The summed E-state index contributed by atoms with van der Waals surface area (Å²) in [6.07, 6.45) is 0.798. The molecule has 8 heteroatoms. The second kappa shape index (κ2) is 10.4. The van der Waals surface area contributed by atoms with Crippen molar-refractivity contribution in [2.75, 3.05) is 27.4 Å². The van der Waals surface area contributed by atoms with Gasteiger partial charge in [-0.1, -0.05) is 13.8 Å². The second-order valence-corrected chi connectivity index (χ2v) is 7.76. The predicted octanol–water partition coefficient (Wildman–Crippen LogP) is 1.54. The van der Waals surface area contributed by atoms with Gasteiger partial charge >= 0.3 is 0 Å². The fraction of sp³-hybridized carbons (Fsp3) is 0.588. The van der Waals surface area contributed by atoms with Crippen LogP contribution in [-0.2, 0) is 19.6 Å². The van der Waals surface area contributed by atoms with Gasteiger partial charge in [-0.25, -0.2) is 13.1 Å². The van der Waals surface area contributed by atoms with Crippen LogP contribution in [0.4, 0.5) is 0 Å². The third-order valence-corrected chi connectivity index (χ3v) is 5.24. The first-order valence-electron chi connectivity index (χ1n) is 8.22. The molecule has 1 aromatic carbocycles. The highest BCUT2D eigenvalue weighted by molar-refractivity contribution is 7.89. The number of hydrogen-bond donors (Lipinski definition) is 2. The molecule has 0 unspecified atom stereocenters. The molecule has 0 spiro atoms. The lowest BCUT2D eigenvalue weighted by atomic mass is 10.0. The lowest BCUT2D eigenvalue weighted by molar-refractivity contribution is -0.121. The summed E-state index contributed by atoms with van der Waals surface area (Å²) in [6.45, 7) is 4.82. The Balaban J connectivity index is 2.70. The fourth-order valence-electron chi connectivity index (χ4n) is 2.15. The summed E-state index contributed by atoms with van der Waals surface area (Å²) < 4.78 is 37.6. The average molecular weight is 372 g/mol. The molecule has 1 rings (SSSR count). The van der Waals surface area contributed by atoms with Crippen molar-refractivity contribution in [1.82, 2.24) is 10.0 Å². The van der Waals surface area contributed by atoms with Crippen molar-refractivity contribution in [3.8, 4) is 5.75 Å². The fourth-order valence-corrected chi connectivity index (χ4v) is 3.54. The maximum atomic E-state index is 12.5. The SMILES string of the molecule is COCCCNC(=O)C[C@H](NS(=O)(=O)c1ccc(OC)cc1)C(C)C. The first-order valence-corrected chi connectivity index (χ1v) is 9.70. The molecule has 0 radical (unpaired) electrons. The lowest BCUT2D eigenvalue weighted by Crippen LogP contribution is -2.42. The van der Waals surface area contributed by atoms with Crippen molar-refractivity contribution in [3.05, 3.63) is 24.3 Å². The average Bonchev–Trinajstić information content (AvgIpc) is 2.58. The Labute approximate surface area is 150 Å². The standard InChI is InChI=1S/C17H28N2O5S/c1-13(2)16(12-17(20)18-10-5-11-23-3)19-25(21,22)15-8-6-14(24-4)7-9-15/h6-9,13,16,19H,5,10-12H2,1-4H3,(H,18,20)/t16-/m0/s1. The maximum absolute atomic E-state index is 12.5. The van der Waals surface area contributed by atoms with Gasteiger partial charge < -0.3 is 14.8 Å². The van der Waals surface area contributed by atoms with Crippen LogP contribution < -0.4 is 14.8 Å². The van der Waals surface area contributed by atoms with Gasteiger partial charge in [0.15, 0.2) is 0 Å². The minimum absolute atomic E-state index is 0.0299. The van der Waals surface area contributed by atoms with Crippen molar-refractivity contribution < 1.29 is 22.7 Å². The van der Waals surface area contributed by atoms with E-state index in [1.54, 1.807) is 19.2 Å². The molecular weight excluding hydrogens is 344 g/mol. The van der Waals surface area contributed by atoms with Gasteiger partial charge in [0.05, 0.1) is 12.0 Å². The first kappa shape index (κ1) is 21.4. The number of sulfonamides is 1. The Kier molecular flexibility index (Phi) is 8.88. The Morgan fingerprint density at radius 2 is 1.80 bits per heavy atom. The highest BCUT2D eigenvalue weighted by Gasteiger charge is 2.24. The van der Waals surface area contributed by atoms with Crippen molar-refractivity contribution >= 4 is 15.9 Å². The minimum Gasteiger partial charge on any atom is -0.497 e. The number of nitrogens with one attached hydrogen (secondary N) is 2. The molecular formula is C17H28N2O5S. The Morgan fingerprint density at radius 3 is 2.32 bits per heavy atom. The summed E-state index contributed by atoms with van der Waals surface area (Å²) in [7, 11) is -0.592. The zero-order chi connectivity index (χ0) is 18.9. The van der Waals surface area contributed by atoms with Crippen LogP contribution in [0.5, 0.6) is 5.75 Å². The first-order chi connectivity index (χ1) is 11.8. The molecule has 0 saturated heterocycles. The van der Waals surface area contributed by atoms with Crippen LogP contribution in [0.1, 0.15) is 26.7 Å². The van der Waals surface area contributed by atoms with E-state index < -0.39 is 16.1 Å².